The Morgan fingerprint density at radius 1 is 0.619 bits per heavy atom. The minimum atomic E-state index is -0.335. The minimum Gasteiger partial charge on any atom is -0.251 e. The number of rotatable bonds is 4. The first kappa shape index (κ1) is 13.6. The molecule has 104 valence electrons. The summed E-state index contributed by atoms with van der Waals surface area (Å²) in [5, 5.41) is 0. The van der Waals surface area contributed by atoms with Gasteiger partial charge in [-0.25, -0.2) is 0 Å². The first-order valence-corrected chi connectivity index (χ1v) is 7.19. The average molecular weight is 276 g/mol. The van der Waals surface area contributed by atoms with Crippen LogP contribution in [0.5, 0.6) is 0 Å². The van der Waals surface area contributed by atoms with Crippen LogP contribution in [0.2, 0.25) is 0 Å². The zero-order valence-corrected chi connectivity index (χ0v) is 11.8. The van der Waals surface area contributed by atoms with Crippen LogP contribution in [0.15, 0.2) is 78.9 Å². The van der Waals surface area contributed by atoms with Crippen LogP contribution in [0.1, 0.15) is 5.56 Å². The van der Waals surface area contributed by atoms with E-state index < -0.39 is 0 Å². The highest BCUT2D eigenvalue weighted by molar-refractivity contribution is 5.85. The van der Waals surface area contributed by atoms with Crippen molar-refractivity contribution in [1.29, 1.82) is 0 Å². The molecule has 1 heteroatoms. The predicted molar refractivity (Wildman–Crippen MR) is 87.0 cm³/mol. The molecule has 0 saturated carbocycles. The van der Waals surface area contributed by atoms with Gasteiger partial charge < -0.3 is 0 Å². The zero-order chi connectivity index (χ0) is 14.5. The standard InChI is InChI=1S/C20H17F/c21-15-14-18-12-7-13-19(16-8-3-1-4-9-16)20(18)17-10-5-2-6-11-17/h1-13H,14-15H2. The van der Waals surface area contributed by atoms with Gasteiger partial charge in [0.05, 0.1) is 6.67 Å². The van der Waals surface area contributed by atoms with Crippen LogP contribution in [0.25, 0.3) is 22.3 Å². The van der Waals surface area contributed by atoms with Gasteiger partial charge in [0, 0.05) is 6.42 Å². The summed E-state index contributed by atoms with van der Waals surface area (Å²) < 4.78 is 12.9. The molecule has 0 nitrogen and oxygen atoms in total. The molecule has 21 heavy (non-hydrogen) atoms. The Kier molecular flexibility index (Phi) is 4.11. The first-order valence-electron chi connectivity index (χ1n) is 7.19. The fourth-order valence-corrected chi connectivity index (χ4v) is 2.71. The molecule has 0 saturated heterocycles. The SMILES string of the molecule is FCCc1cccc(-c2ccccc2)c1-c1ccccc1. The molecular formula is C20H17F. The monoisotopic (exact) mass is 276 g/mol. The lowest BCUT2D eigenvalue weighted by Gasteiger charge is -2.15. The smallest absolute Gasteiger partial charge is 0.0934 e. The molecule has 0 heterocycles. The lowest BCUT2D eigenvalue weighted by molar-refractivity contribution is 0.495. The van der Waals surface area contributed by atoms with Crippen molar-refractivity contribution in [3.63, 3.8) is 0 Å². The van der Waals surface area contributed by atoms with Gasteiger partial charge in [-0.3, -0.25) is 4.39 Å². The van der Waals surface area contributed by atoms with Crippen molar-refractivity contribution in [2.45, 2.75) is 6.42 Å². The summed E-state index contributed by atoms with van der Waals surface area (Å²) in [5.41, 5.74) is 5.66. The minimum absolute atomic E-state index is 0.335. The quantitative estimate of drug-likeness (QED) is 0.587. The van der Waals surface area contributed by atoms with Gasteiger partial charge in [0.1, 0.15) is 0 Å². The molecular weight excluding hydrogens is 259 g/mol. The molecule has 0 unspecified atom stereocenters. The highest BCUT2D eigenvalue weighted by atomic mass is 19.1. The molecule has 0 aliphatic carbocycles. The van der Waals surface area contributed by atoms with Crippen LogP contribution in [0.3, 0.4) is 0 Å². The summed E-state index contributed by atoms with van der Waals surface area (Å²) in [7, 11) is 0. The first-order chi connectivity index (χ1) is 10.4. The molecule has 0 amide bonds. The van der Waals surface area contributed by atoms with E-state index in [-0.39, 0.29) is 6.67 Å². The van der Waals surface area contributed by atoms with E-state index in [9.17, 15) is 4.39 Å². The van der Waals surface area contributed by atoms with Gasteiger partial charge >= 0.3 is 0 Å². The van der Waals surface area contributed by atoms with Crippen LogP contribution in [-0.2, 0) is 6.42 Å². The molecule has 0 N–H and O–H groups in total. The van der Waals surface area contributed by atoms with E-state index in [0.29, 0.717) is 6.42 Å². The normalized spacial score (nSPS) is 10.5. The Balaban J connectivity index is 2.23. The molecule has 0 fully saturated rings. The Bertz CT molecular complexity index is 702. The average Bonchev–Trinajstić information content (AvgIpc) is 2.56. The Morgan fingerprint density at radius 3 is 1.86 bits per heavy atom. The van der Waals surface area contributed by atoms with Crippen LogP contribution in [0.4, 0.5) is 4.39 Å². The highest BCUT2D eigenvalue weighted by Crippen LogP contribution is 2.35. The molecule has 3 aromatic carbocycles. The van der Waals surface area contributed by atoms with Crippen molar-refractivity contribution in [3.05, 3.63) is 84.4 Å². The molecule has 0 aliphatic rings. The summed E-state index contributed by atoms with van der Waals surface area (Å²) in [6.45, 7) is -0.335. The van der Waals surface area contributed by atoms with Crippen LogP contribution in [-0.4, -0.2) is 6.67 Å². The second-order valence-corrected chi connectivity index (χ2v) is 5.01. The fraction of sp³-hybridized carbons (Fsp3) is 0.100. The molecule has 3 rings (SSSR count). The van der Waals surface area contributed by atoms with Gasteiger partial charge in [-0.05, 0) is 27.8 Å². The van der Waals surface area contributed by atoms with Crippen molar-refractivity contribution < 1.29 is 4.39 Å². The summed E-state index contributed by atoms with van der Waals surface area (Å²) in [4.78, 5) is 0. The number of benzene rings is 3. The third-order valence-electron chi connectivity index (χ3n) is 3.66. The predicted octanol–water partition coefficient (Wildman–Crippen LogP) is 5.53. The van der Waals surface area contributed by atoms with E-state index in [1.807, 2.05) is 48.5 Å². The van der Waals surface area contributed by atoms with Crippen molar-refractivity contribution in [3.8, 4) is 22.3 Å². The van der Waals surface area contributed by atoms with Gasteiger partial charge in [-0.1, -0.05) is 78.9 Å². The van der Waals surface area contributed by atoms with Crippen molar-refractivity contribution in [2.75, 3.05) is 6.67 Å². The Morgan fingerprint density at radius 2 is 1.24 bits per heavy atom. The molecule has 0 radical (unpaired) electrons. The maximum absolute atomic E-state index is 12.9. The third kappa shape index (κ3) is 2.87. The molecule has 0 aromatic heterocycles. The molecule has 3 aromatic rings. The summed E-state index contributed by atoms with van der Waals surface area (Å²) in [5.74, 6) is 0. The second kappa shape index (κ2) is 6.36. The largest absolute Gasteiger partial charge is 0.251 e. The van der Waals surface area contributed by atoms with Gasteiger partial charge in [-0.2, -0.15) is 0 Å². The molecule has 0 spiro atoms. The van der Waals surface area contributed by atoms with E-state index in [0.717, 1.165) is 27.8 Å². The molecule has 0 aliphatic heterocycles. The van der Waals surface area contributed by atoms with E-state index in [1.54, 1.807) is 0 Å². The van der Waals surface area contributed by atoms with Crippen molar-refractivity contribution in [1.82, 2.24) is 0 Å². The maximum atomic E-state index is 12.9. The summed E-state index contributed by atoms with van der Waals surface area (Å²) >= 11 is 0. The topological polar surface area (TPSA) is 0 Å². The third-order valence-corrected chi connectivity index (χ3v) is 3.66. The van der Waals surface area contributed by atoms with E-state index in [1.165, 1.54) is 0 Å². The van der Waals surface area contributed by atoms with Gasteiger partial charge in [0.25, 0.3) is 0 Å². The van der Waals surface area contributed by atoms with Crippen LogP contribution in [0, 0.1) is 0 Å². The maximum Gasteiger partial charge on any atom is 0.0934 e. The van der Waals surface area contributed by atoms with E-state index in [4.69, 9.17) is 0 Å². The highest BCUT2D eigenvalue weighted by Gasteiger charge is 2.11. The second-order valence-electron chi connectivity index (χ2n) is 5.01. The zero-order valence-electron chi connectivity index (χ0n) is 11.8. The molecule has 0 atom stereocenters. The Labute approximate surface area is 124 Å². The number of hydrogen-bond acceptors (Lipinski definition) is 0. The fourth-order valence-electron chi connectivity index (χ4n) is 2.71. The number of alkyl halides is 1. The van der Waals surface area contributed by atoms with Crippen molar-refractivity contribution >= 4 is 0 Å². The van der Waals surface area contributed by atoms with Gasteiger partial charge in [0.2, 0.25) is 0 Å². The van der Waals surface area contributed by atoms with Crippen LogP contribution >= 0.6 is 0 Å². The van der Waals surface area contributed by atoms with Crippen molar-refractivity contribution in [2.24, 2.45) is 0 Å². The van der Waals surface area contributed by atoms with Gasteiger partial charge in [0.15, 0.2) is 0 Å². The number of halogens is 1. The summed E-state index contributed by atoms with van der Waals surface area (Å²) in [6.07, 6.45) is 0.449. The van der Waals surface area contributed by atoms with Gasteiger partial charge in [-0.15, -0.1) is 0 Å². The summed E-state index contributed by atoms with van der Waals surface area (Å²) in [6, 6.07) is 26.6. The van der Waals surface area contributed by atoms with Crippen LogP contribution < -0.4 is 0 Å². The van der Waals surface area contributed by atoms with E-state index >= 15 is 0 Å². The Hall–Kier alpha value is -2.41. The number of hydrogen-bond donors (Lipinski definition) is 0. The van der Waals surface area contributed by atoms with E-state index in [2.05, 4.69) is 30.3 Å². The lowest BCUT2D eigenvalue weighted by atomic mass is 9.89. The molecule has 0 bridgehead atoms. The lowest BCUT2D eigenvalue weighted by Crippen LogP contribution is -1.95. The number of aryl methyl sites for hydroxylation is 1.